The maximum atomic E-state index is 5.63. The predicted molar refractivity (Wildman–Crippen MR) is 51.5 cm³/mol. The van der Waals surface area contributed by atoms with Crippen LogP contribution in [0, 0.1) is 0 Å². The van der Waals surface area contributed by atoms with E-state index in [0.29, 0.717) is 5.69 Å². The Hall–Kier alpha value is -0.830. The zero-order valence-corrected chi connectivity index (χ0v) is 7.58. The second-order valence-corrected chi connectivity index (χ2v) is 2.68. The van der Waals surface area contributed by atoms with Crippen LogP contribution < -0.4 is 5.73 Å². The third kappa shape index (κ3) is 2.35. The number of alkyl halides is 1. The molecular formula is C8H9BrN2. The average molecular weight is 213 g/mol. The Morgan fingerprint density at radius 2 is 2.45 bits per heavy atom. The van der Waals surface area contributed by atoms with Gasteiger partial charge in [-0.15, -0.1) is 0 Å². The molecule has 0 radical (unpaired) electrons. The highest BCUT2D eigenvalue weighted by molar-refractivity contribution is 9.09. The van der Waals surface area contributed by atoms with Crippen molar-refractivity contribution in [3.05, 3.63) is 30.1 Å². The quantitative estimate of drug-likeness (QED) is 0.763. The fraction of sp³-hybridized carbons (Fsp3) is 0.125. The predicted octanol–water partition coefficient (Wildman–Crippen LogP) is 2.07. The number of rotatable bonds is 2. The van der Waals surface area contributed by atoms with Crippen LogP contribution in [0.1, 0.15) is 5.69 Å². The van der Waals surface area contributed by atoms with Gasteiger partial charge in [-0.05, 0) is 18.2 Å². The van der Waals surface area contributed by atoms with E-state index in [-0.39, 0.29) is 0 Å². The Kier molecular flexibility index (Phi) is 3.11. The van der Waals surface area contributed by atoms with Gasteiger partial charge in [-0.1, -0.05) is 22.0 Å². The molecular weight excluding hydrogens is 204 g/mol. The topological polar surface area (TPSA) is 38.9 Å². The fourth-order valence-corrected chi connectivity index (χ4v) is 0.912. The van der Waals surface area contributed by atoms with Gasteiger partial charge >= 0.3 is 0 Å². The van der Waals surface area contributed by atoms with Gasteiger partial charge in [0.25, 0.3) is 0 Å². The molecule has 0 fully saturated rings. The van der Waals surface area contributed by atoms with Gasteiger partial charge in [0.05, 0.1) is 11.4 Å². The van der Waals surface area contributed by atoms with Crippen molar-refractivity contribution in [2.24, 2.45) is 0 Å². The molecule has 1 rings (SSSR count). The molecule has 58 valence electrons. The van der Waals surface area contributed by atoms with Gasteiger partial charge in [-0.25, -0.2) is 0 Å². The maximum absolute atomic E-state index is 5.63. The second kappa shape index (κ2) is 4.13. The van der Waals surface area contributed by atoms with Crippen molar-refractivity contribution in [3.63, 3.8) is 0 Å². The van der Waals surface area contributed by atoms with Crippen LogP contribution in [0.2, 0.25) is 0 Å². The van der Waals surface area contributed by atoms with Gasteiger partial charge in [0, 0.05) is 11.5 Å². The molecule has 2 N–H and O–H groups in total. The lowest BCUT2D eigenvalue weighted by atomic mass is 10.3. The number of nitrogens with zero attached hydrogens (tertiary/aromatic N) is 1. The number of hydrogen-bond acceptors (Lipinski definition) is 2. The SMILES string of the molecule is Nc1cccnc1C=CCBr. The number of halogens is 1. The summed E-state index contributed by atoms with van der Waals surface area (Å²) < 4.78 is 0. The Labute approximate surface area is 74.3 Å². The molecule has 0 saturated heterocycles. The van der Waals surface area contributed by atoms with E-state index in [1.165, 1.54) is 0 Å². The molecule has 0 unspecified atom stereocenters. The molecule has 0 bridgehead atoms. The molecule has 1 heterocycles. The van der Waals surface area contributed by atoms with Gasteiger partial charge in [-0.3, -0.25) is 4.98 Å². The van der Waals surface area contributed by atoms with Crippen molar-refractivity contribution in [1.29, 1.82) is 0 Å². The maximum Gasteiger partial charge on any atom is 0.0855 e. The van der Waals surface area contributed by atoms with E-state index in [1.807, 2.05) is 24.3 Å². The molecule has 2 nitrogen and oxygen atoms in total. The molecule has 0 atom stereocenters. The summed E-state index contributed by atoms with van der Waals surface area (Å²) in [4.78, 5) is 4.08. The zero-order valence-electron chi connectivity index (χ0n) is 6.00. The number of hydrogen-bond donors (Lipinski definition) is 1. The summed E-state index contributed by atoms with van der Waals surface area (Å²) in [6, 6.07) is 3.65. The summed E-state index contributed by atoms with van der Waals surface area (Å²) in [6.07, 6.45) is 5.58. The third-order valence-electron chi connectivity index (χ3n) is 1.24. The van der Waals surface area contributed by atoms with Crippen molar-refractivity contribution in [2.75, 3.05) is 11.1 Å². The number of anilines is 1. The van der Waals surface area contributed by atoms with Crippen LogP contribution in [0.25, 0.3) is 6.08 Å². The molecule has 0 amide bonds. The Morgan fingerprint density at radius 1 is 1.64 bits per heavy atom. The highest BCUT2D eigenvalue weighted by Gasteiger charge is 1.91. The van der Waals surface area contributed by atoms with E-state index in [4.69, 9.17) is 5.73 Å². The number of nitrogen functional groups attached to an aromatic ring is 1. The van der Waals surface area contributed by atoms with E-state index < -0.39 is 0 Å². The molecule has 0 aliphatic carbocycles. The van der Waals surface area contributed by atoms with E-state index >= 15 is 0 Å². The molecule has 0 aliphatic heterocycles. The molecule has 1 aromatic rings. The molecule has 1 aromatic heterocycles. The van der Waals surface area contributed by atoms with Crippen molar-refractivity contribution >= 4 is 27.7 Å². The van der Waals surface area contributed by atoms with Crippen LogP contribution in [0.15, 0.2) is 24.4 Å². The first-order valence-electron chi connectivity index (χ1n) is 3.27. The van der Waals surface area contributed by atoms with E-state index in [0.717, 1.165) is 11.0 Å². The van der Waals surface area contributed by atoms with E-state index in [1.54, 1.807) is 6.20 Å². The first-order chi connectivity index (χ1) is 5.34. The fourth-order valence-electron chi connectivity index (χ4n) is 0.725. The molecule has 11 heavy (non-hydrogen) atoms. The Bertz CT molecular complexity index is 258. The number of pyridine rings is 1. The number of allylic oxidation sites excluding steroid dienone is 1. The molecule has 3 heteroatoms. The molecule has 0 aromatic carbocycles. The normalized spacial score (nSPS) is 10.6. The second-order valence-electron chi connectivity index (χ2n) is 2.03. The Morgan fingerprint density at radius 3 is 3.09 bits per heavy atom. The van der Waals surface area contributed by atoms with Crippen molar-refractivity contribution in [3.8, 4) is 0 Å². The van der Waals surface area contributed by atoms with Gasteiger partial charge in [0.2, 0.25) is 0 Å². The Balaban J connectivity index is 2.86. The molecule has 0 saturated carbocycles. The smallest absolute Gasteiger partial charge is 0.0855 e. The first-order valence-corrected chi connectivity index (χ1v) is 4.39. The van der Waals surface area contributed by atoms with Crippen molar-refractivity contribution in [2.45, 2.75) is 0 Å². The lowest BCUT2D eigenvalue weighted by Crippen LogP contribution is -1.90. The van der Waals surface area contributed by atoms with Gasteiger partial charge in [-0.2, -0.15) is 0 Å². The van der Waals surface area contributed by atoms with Crippen LogP contribution in [0.5, 0.6) is 0 Å². The highest BCUT2D eigenvalue weighted by atomic mass is 79.9. The summed E-state index contributed by atoms with van der Waals surface area (Å²) in [5.41, 5.74) is 7.17. The van der Waals surface area contributed by atoms with E-state index in [9.17, 15) is 0 Å². The average Bonchev–Trinajstić information content (AvgIpc) is 2.03. The summed E-state index contributed by atoms with van der Waals surface area (Å²) in [7, 11) is 0. The van der Waals surface area contributed by atoms with E-state index in [2.05, 4.69) is 20.9 Å². The standard InChI is InChI=1S/C8H9BrN2/c9-5-1-4-8-7(10)3-2-6-11-8/h1-4,6H,5,10H2. The number of nitrogens with two attached hydrogens (primary N) is 1. The minimum absolute atomic E-state index is 0.713. The summed E-state index contributed by atoms with van der Waals surface area (Å²) >= 11 is 3.28. The summed E-state index contributed by atoms with van der Waals surface area (Å²) in [5.74, 6) is 0. The summed E-state index contributed by atoms with van der Waals surface area (Å²) in [6.45, 7) is 0. The van der Waals surface area contributed by atoms with Crippen LogP contribution in [0.3, 0.4) is 0 Å². The van der Waals surface area contributed by atoms with Crippen molar-refractivity contribution in [1.82, 2.24) is 4.98 Å². The van der Waals surface area contributed by atoms with Crippen LogP contribution in [-0.4, -0.2) is 10.3 Å². The largest absolute Gasteiger partial charge is 0.397 e. The highest BCUT2D eigenvalue weighted by Crippen LogP contribution is 2.08. The third-order valence-corrected chi connectivity index (χ3v) is 1.61. The van der Waals surface area contributed by atoms with Crippen molar-refractivity contribution < 1.29 is 0 Å². The minimum atomic E-state index is 0.713. The zero-order chi connectivity index (χ0) is 8.10. The number of aromatic nitrogens is 1. The molecule has 0 spiro atoms. The van der Waals surface area contributed by atoms with Crippen LogP contribution in [0.4, 0.5) is 5.69 Å². The van der Waals surface area contributed by atoms with Gasteiger partial charge in [0.15, 0.2) is 0 Å². The van der Waals surface area contributed by atoms with Gasteiger partial charge < -0.3 is 5.73 Å². The lowest BCUT2D eigenvalue weighted by Gasteiger charge is -1.95. The van der Waals surface area contributed by atoms with Crippen LogP contribution >= 0.6 is 15.9 Å². The minimum Gasteiger partial charge on any atom is -0.397 e. The lowest BCUT2D eigenvalue weighted by molar-refractivity contribution is 1.30. The first kappa shape index (κ1) is 8.27. The molecule has 0 aliphatic rings. The monoisotopic (exact) mass is 212 g/mol. The summed E-state index contributed by atoms with van der Waals surface area (Å²) in [5, 5.41) is 0.822. The van der Waals surface area contributed by atoms with Gasteiger partial charge in [0.1, 0.15) is 0 Å². The van der Waals surface area contributed by atoms with Crippen LogP contribution in [-0.2, 0) is 0 Å².